The minimum absolute atomic E-state index is 0.101. The average molecular weight is 349 g/mol. The molecule has 0 amide bonds. The quantitative estimate of drug-likeness (QED) is 0.717. The van der Waals surface area contributed by atoms with Crippen molar-refractivity contribution >= 4 is 33.0 Å². The van der Waals surface area contributed by atoms with Crippen molar-refractivity contribution in [3.8, 4) is 0 Å². The number of benzene rings is 1. The summed E-state index contributed by atoms with van der Waals surface area (Å²) < 4.78 is 38.0. The Morgan fingerprint density at radius 2 is 1.84 bits per heavy atom. The van der Waals surface area contributed by atoms with Crippen LogP contribution in [0.1, 0.15) is 20.8 Å². The van der Waals surface area contributed by atoms with Crippen LogP contribution in [-0.2, 0) is 12.6 Å². The maximum atomic E-state index is 12.4. The fourth-order valence-corrected chi connectivity index (χ4v) is 2.91. The van der Waals surface area contributed by atoms with Crippen LogP contribution in [0.25, 0.3) is 0 Å². The van der Waals surface area contributed by atoms with Gasteiger partial charge in [-0.05, 0) is 39.7 Å². The average Bonchev–Trinajstić information content (AvgIpc) is 2.75. The molecule has 0 unspecified atom stereocenters. The van der Waals surface area contributed by atoms with Crippen LogP contribution in [0.3, 0.4) is 0 Å². The molecule has 0 radical (unpaired) electrons. The van der Waals surface area contributed by atoms with Gasteiger partial charge in [0.05, 0.1) is 10.4 Å². The summed E-state index contributed by atoms with van der Waals surface area (Å²) in [5, 5.41) is 1.79. The molecule has 2 rings (SSSR count). The molecule has 2 aromatic rings. The zero-order chi connectivity index (χ0) is 14.0. The number of halogens is 4. The van der Waals surface area contributed by atoms with Crippen LogP contribution in [0.2, 0.25) is 0 Å². The summed E-state index contributed by atoms with van der Waals surface area (Å²) in [6.45, 7) is 0. The molecular formula is C13H8BrF3OS. The summed E-state index contributed by atoms with van der Waals surface area (Å²) in [6, 6.07) is 6.36. The number of carbonyl (C=O) groups is 1. The SMILES string of the molecule is O=C(Cc1ccc(C(F)(F)F)cc1)c1cc(Br)cs1. The minimum Gasteiger partial charge on any atom is -0.293 e. The van der Waals surface area contributed by atoms with Gasteiger partial charge in [-0.25, -0.2) is 0 Å². The summed E-state index contributed by atoms with van der Waals surface area (Å²) in [5.74, 6) is -0.101. The maximum absolute atomic E-state index is 12.4. The second kappa shape index (κ2) is 5.46. The van der Waals surface area contributed by atoms with Gasteiger partial charge in [0.25, 0.3) is 0 Å². The molecule has 1 aromatic carbocycles. The van der Waals surface area contributed by atoms with Gasteiger partial charge in [0, 0.05) is 16.3 Å². The molecule has 0 aliphatic rings. The molecule has 1 nitrogen and oxygen atoms in total. The van der Waals surface area contributed by atoms with Crippen LogP contribution in [0, 0.1) is 0 Å². The monoisotopic (exact) mass is 348 g/mol. The van der Waals surface area contributed by atoms with E-state index in [4.69, 9.17) is 0 Å². The van der Waals surface area contributed by atoms with Crippen LogP contribution in [0.15, 0.2) is 40.2 Å². The van der Waals surface area contributed by atoms with Crippen molar-refractivity contribution in [2.75, 3.05) is 0 Å². The van der Waals surface area contributed by atoms with E-state index in [0.29, 0.717) is 10.4 Å². The van der Waals surface area contributed by atoms with Gasteiger partial charge in [-0.15, -0.1) is 11.3 Å². The van der Waals surface area contributed by atoms with Gasteiger partial charge in [0.2, 0.25) is 0 Å². The van der Waals surface area contributed by atoms with Gasteiger partial charge in [-0.2, -0.15) is 13.2 Å². The zero-order valence-electron chi connectivity index (χ0n) is 9.50. The van der Waals surface area contributed by atoms with Crippen LogP contribution < -0.4 is 0 Å². The van der Waals surface area contributed by atoms with E-state index < -0.39 is 11.7 Å². The Kier molecular flexibility index (Phi) is 4.10. The summed E-state index contributed by atoms with van der Waals surface area (Å²) in [5.41, 5.74) is -0.134. The van der Waals surface area contributed by atoms with Crippen LogP contribution in [0.4, 0.5) is 13.2 Å². The van der Waals surface area contributed by atoms with Crippen molar-refractivity contribution in [1.29, 1.82) is 0 Å². The predicted molar refractivity (Wildman–Crippen MR) is 71.5 cm³/mol. The van der Waals surface area contributed by atoms with Gasteiger partial charge in [0.1, 0.15) is 0 Å². The number of rotatable bonds is 3. The van der Waals surface area contributed by atoms with E-state index in [1.165, 1.54) is 23.5 Å². The number of thiophene rings is 1. The second-order valence-corrected chi connectivity index (χ2v) is 5.75. The van der Waals surface area contributed by atoms with E-state index in [1.54, 1.807) is 11.4 Å². The van der Waals surface area contributed by atoms with E-state index in [9.17, 15) is 18.0 Å². The third kappa shape index (κ3) is 3.67. The highest BCUT2D eigenvalue weighted by atomic mass is 79.9. The summed E-state index contributed by atoms with van der Waals surface area (Å²) in [7, 11) is 0. The number of ketones is 1. The Bertz CT molecular complexity index is 587. The van der Waals surface area contributed by atoms with Crippen molar-refractivity contribution in [3.05, 3.63) is 56.2 Å². The number of Topliss-reactive ketones (excluding diaryl/α,β-unsaturated/α-hetero) is 1. The van der Waals surface area contributed by atoms with Crippen LogP contribution in [-0.4, -0.2) is 5.78 Å². The minimum atomic E-state index is -4.35. The molecule has 0 saturated carbocycles. The summed E-state index contributed by atoms with van der Waals surface area (Å²) in [4.78, 5) is 12.5. The number of hydrogen-bond acceptors (Lipinski definition) is 2. The molecule has 0 aliphatic heterocycles. The Hall–Kier alpha value is -1.14. The van der Waals surface area contributed by atoms with E-state index in [-0.39, 0.29) is 12.2 Å². The second-order valence-electron chi connectivity index (χ2n) is 3.92. The lowest BCUT2D eigenvalue weighted by atomic mass is 10.1. The molecule has 0 spiro atoms. The van der Waals surface area contributed by atoms with Crippen molar-refractivity contribution < 1.29 is 18.0 Å². The van der Waals surface area contributed by atoms with E-state index in [1.807, 2.05) is 0 Å². The number of carbonyl (C=O) groups excluding carboxylic acids is 1. The molecule has 0 atom stereocenters. The van der Waals surface area contributed by atoms with Crippen molar-refractivity contribution in [1.82, 2.24) is 0 Å². The molecule has 0 N–H and O–H groups in total. The molecule has 1 heterocycles. The lowest BCUT2D eigenvalue weighted by molar-refractivity contribution is -0.137. The maximum Gasteiger partial charge on any atom is 0.416 e. The first kappa shape index (κ1) is 14.3. The Balaban J connectivity index is 2.10. The third-order valence-corrected chi connectivity index (χ3v) is 4.22. The zero-order valence-corrected chi connectivity index (χ0v) is 11.9. The first-order valence-corrected chi connectivity index (χ1v) is 6.97. The standard InChI is InChI=1S/C13H8BrF3OS/c14-10-6-12(19-7-10)11(18)5-8-1-3-9(4-2-8)13(15,16)17/h1-4,6-7H,5H2. The van der Waals surface area contributed by atoms with Crippen molar-refractivity contribution in [2.24, 2.45) is 0 Å². The first-order chi connectivity index (χ1) is 8.86. The van der Waals surface area contributed by atoms with E-state index >= 15 is 0 Å². The molecule has 6 heteroatoms. The predicted octanol–water partition coefficient (Wildman–Crippen LogP) is 4.95. The number of alkyl halides is 3. The lowest BCUT2D eigenvalue weighted by Crippen LogP contribution is -2.06. The normalized spacial score (nSPS) is 11.6. The topological polar surface area (TPSA) is 17.1 Å². The highest BCUT2D eigenvalue weighted by Gasteiger charge is 2.29. The van der Waals surface area contributed by atoms with Gasteiger partial charge in [-0.1, -0.05) is 12.1 Å². The van der Waals surface area contributed by atoms with Crippen LogP contribution in [0.5, 0.6) is 0 Å². The Morgan fingerprint density at radius 1 is 1.21 bits per heavy atom. The molecule has 19 heavy (non-hydrogen) atoms. The molecule has 0 aliphatic carbocycles. The van der Waals surface area contributed by atoms with E-state index in [0.717, 1.165) is 16.6 Å². The molecule has 0 fully saturated rings. The van der Waals surface area contributed by atoms with Gasteiger partial charge >= 0.3 is 6.18 Å². The largest absolute Gasteiger partial charge is 0.416 e. The highest BCUT2D eigenvalue weighted by molar-refractivity contribution is 9.10. The first-order valence-electron chi connectivity index (χ1n) is 5.29. The smallest absolute Gasteiger partial charge is 0.293 e. The van der Waals surface area contributed by atoms with E-state index in [2.05, 4.69) is 15.9 Å². The Morgan fingerprint density at radius 3 is 2.32 bits per heavy atom. The Labute approximate surface area is 120 Å². The van der Waals surface area contributed by atoms with Crippen molar-refractivity contribution in [3.63, 3.8) is 0 Å². The molecule has 0 bridgehead atoms. The molecular weight excluding hydrogens is 341 g/mol. The molecule has 1 aromatic heterocycles. The highest BCUT2D eigenvalue weighted by Crippen LogP contribution is 2.29. The fourth-order valence-electron chi connectivity index (χ4n) is 1.54. The summed E-state index contributed by atoms with van der Waals surface area (Å²) >= 11 is 4.56. The van der Waals surface area contributed by atoms with Gasteiger partial charge in [-0.3, -0.25) is 4.79 Å². The number of hydrogen-bond donors (Lipinski definition) is 0. The lowest BCUT2D eigenvalue weighted by Gasteiger charge is -2.07. The molecule has 0 saturated heterocycles. The fraction of sp³-hybridized carbons (Fsp3) is 0.154. The van der Waals surface area contributed by atoms with Gasteiger partial charge < -0.3 is 0 Å². The van der Waals surface area contributed by atoms with Crippen molar-refractivity contribution in [2.45, 2.75) is 12.6 Å². The third-order valence-electron chi connectivity index (χ3n) is 2.49. The summed E-state index contributed by atoms with van der Waals surface area (Å²) in [6.07, 6.45) is -4.24. The van der Waals surface area contributed by atoms with Gasteiger partial charge in [0.15, 0.2) is 5.78 Å². The molecule has 100 valence electrons. The van der Waals surface area contributed by atoms with Crippen LogP contribution >= 0.6 is 27.3 Å².